The van der Waals surface area contributed by atoms with Gasteiger partial charge in [0.1, 0.15) is 0 Å². The Hall–Kier alpha value is -1.97. The minimum Gasteiger partial charge on any atom is -0.351 e. The molecule has 0 fully saturated rings. The summed E-state index contributed by atoms with van der Waals surface area (Å²) >= 11 is 2.67. The van der Waals surface area contributed by atoms with Crippen LogP contribution in [0.2, 0.25) is 0 Å². The predicted octanol–water partition coefficient (Wildman–Crippen LogP) is 3.24. The summed E-state index contributed by atoms with van der Waals surface area (Å²) < 4.78 is 0.736. The normalized spacial score (nSPS) is 10.6. The van der Waals surface area contributed by atoms with Crippen LogP contribution in [0.1, 0.15) is 29.4 Å². The molecule has 1 aromatic heterocycles. The van der Waals surface area contributed by atoms with Crippen molar-refractivity contribution in [2.75, 3.05) is 19.6 Å². The van der Waals surface area contributed by atoms with E-state index in [9.17, 15) is 14.9 Å². The molecule has 0 aliphatic rings. The number of rotatable bonds is 9. The summed E-state index contributed by atoms with van der Waals surface area (Å²) in [6.07, 6.45) is 1.03. The third kappa shape index (κ3) is 5.80. The number of amides is 1. The molecule has 1 aromatic carbocycles. The maximum Gasteiger partial charge on any atom is 0.284 e. The van der Waals surface area contributed by atoms with Crippen LogP contribution in [0, 0.1) is 17.0 Å². The Morgan fingerprint density at radius 2 is 2.16 bits per heavy atom. The van der Waals surface area contributed by atoms with Crippen LogP contribution in [0.5, 0.6) is 0 Å². The van der Waals surface area contributed by atoms with Crippen LogP contribution in [0.25, 0.3) is 0 Å². The molecule has 1 heterocycles. The molecule has 25 heavy (non-hydrogen) atoms. The lowest BCUT2D eigenvalue weighted by Gasteiger charge is -2.07. The number of aromatic nitrogens is 1. The lowest BCUT2D eigenvalue weighted by atomic mass is 10.2. The zero-order chi connectivity index (χ0) is 18.2. The SMILES string of the molecule is CCCNCCNC(=O)c1ccc(Sc2nc(C)cs2)c([N+](=O)[O-])c1. The standard InChI is InChI=1S/C16H20N4O3S2/c1-3-6-17-7-8-18-15(21)12-4-5-14(13(9-12)20(22)23)25-16-19-11(2)10-24-16/h4-5,9-10,17H,3,6-8H2,1-2H3,(H,18,21). The second-order valence-corrected chi connectivity index (χ2v) is 7.45. The van der Waals surface area contributed by atoms with E-state index < -0.39 is 4.92 Å². The van der Waals surface area contributed by atoms with E-state index in [4.69, 9.17) is 0 Å². The molecular formula is C16H20N4O3S2. The van der Waals surface area contributed by atoms with E-state index in [1.807, 2.05) is 12.3 Å². The van der Waals surface area contributed by atoms with Crippen molar-refractivity contribution in [3.63, 3.8) is 0 Å². The molecule has 2 aromatic rings. The van der Waals surface area contributed by atoms with Crippen LogP contribution >= 0.6 is 23.1 Å². The highest BCUT2D eigenvalue weighted by Crippen LogP contribution is 2.36. The molecule has 1 amide bonds. The van der Waals surface area contributed by atoms with Crippen molar-refractivity contribution < 1.29 is 9.72 Å². The van der Waals surface area contributed by atoms with Gasteiger partial charge >= 0.3 is 0 Å². The van der Waals surface area contributed by atoms with E-state index in [1.165, 1.54) is 29.2 Å². The van der Waals surface area contributed by atoms with Gasteiger partial charge in [-0.2, -0.15) is 0 Å². The van der Waals surface area contributed by atoms with Crippen molar-refractivity contribution in [1.29, 1.82) is 0 Å². The molecule has 134 valence electrons. The van der Waals surface area contributed by atoms with Crippen LogP contribution in [-0.4, -0.2) is 35.4 Å². The molecule has 0 saturated heterocycles. The second kappa shape index (κ2) is 9.50. The molecule has 0 aliphatic carbocycles. The van der Waals surface area contributed by atoms with E-state index in [1.54, 1.807) is 12.1 Å². The highest BCUT2D eigenvalue weighted by atomic mass is 32.2. The van der Waals surface area contributed by atoms with Crippen LogP contribution in [0.4, 0.5) is 5.69 Å². The maximum absolute atomic E-state index is 12.1. The molecular weight excluding hydrogens is 360 g/mol. The van der Waals surface area contributed by atoms with Crippen molar-refractivity contribution in [3.05, 3.63) is 45.0 Å². The summed E-state index contributed by atoms with van der Waals surface area (Å²) in [4.78, 5) is 27.8. The van der Waals surface area contributed by atoms with Crippen LogP contribution in [-0.2, 0) is 0 Å². The molecule has 0 unspecified atom stereocenters. The smallest absolute Gasteiger partial charge is 0.284 e. The molecule has 0 bridgehead atoms. The highest BCUT2D eigenvalue weighted by molar-refractivity contribution is 8.01. The molecule has 0 aliphatic heterocycles. The summed E-state index contributed by atoms with van der Waals surface area (Å²) in [6.45, 7) is 5.97. The first-order chi connectivity index (χ1) is 12.0. The molecule has 0 spiro atoms. The summed E-state index contributed by atoms with van der Waals surface area (Å²) in [7, 11) is 0. The fraction of sp³-hybridized carbons (Fsp3) is 0.375. The van der Waals surface area contributed by atoms with Gasteiger partial charge < -0.3 is 10.6 Å². The van der Waals surface area contributed by atoms with Gasteiger partial charge in [-0.15, -0.1) is 11.3 Å². The molecule has 2 N–H and O–H groups in total. The Bertz CT molecular complexity index is 749. The van der Waals surface area contributed by atoms with Crippen LogP contribution < -0.4 is 10.6 Å². The third-order valence-corrected chi connectivity index (χ3v) is 5.35. The van der Waals surface area contributed by atoms with Gasteiger partial charge in [-0.1, -0.05) is 18.7 Å². The fourth-order valence-corrected chi connectivity index (χ4v) is 3.91. The summed E-state index contributed by atoms with van der Waals surface area (Å²) in [6, 6.07) is 4.52. The van der Waals surface area contributed by atoms with E-state index in [-0.39, 0.29) is 17.2 Å². The number of aryl methyl sites for hydroxylation is 1. The number of thiazole rings is 1. The number of nitro groups is 1. The number of benzene rings is 1. The zero-order valence-electron chi connectivity index (χ0n) is 14.1. The van der Waals surface area contributed by atoms with E-state index in [0.29, 0.717) is 18.0 Å². The first-order valence-electron chi connectivity index (χ1n) is 7.88. The minimum atomic E-state index is -0.470. The number of nitro benzene ring substituents is 1. The zero-order valence-corrected chi connectivity index (χ0v) is 15.7. The minimum absolute atomic E-state index is 0.0883. The molecule has 0 atom stereocenters. The lowest BCUT2D eigenvalue weighted by molar-refractivity contribution is -0.387. The number of hydrogen-bond acceptors (Lipinski definition) is 7. The number of carbonyl (C=O) groups excluding carboxylic acids is 1. The number of nitrogens with one attached hydrogen (secondary N) is 2. The van der Waals surface area contributed by atoms with Crippen molar-refractivity contribution in [2.45, 2.75) is 29.5 Å². The second-order valence-electron chi connectivity index (χ2n) is 5.30. The van der Waals surface area contributed by atoms with Gasteiger partial charge in [0.25, 0.3) is 11.6 Å². The topological polar surface area (TPSA) is 97.2 Å². The molecule has 0 saturated carbocycles. The lowest BCUT2D eigenvalue weighted by Crippen LogP contribution is -2.32. The fourth-order valence-electron chi connectivity index (χ4n) is 2.03. The Kier molecular flexibility index (Phi) is 7.35. The van der Waals surface area contributed by atoms with Gasteiger partial charge in [0.15, 0.2) is 4.34 Å². The van der Waals surface area contributed by atoms with Crippen molar-refractivity contribution in [3.8, 4) is 0 Å². The monoisotopic (exact) mass is 380 g/mol. The predicted molar refractivity (Wildman–Crippen MR) is 99.6 cm³/mol. The number of hydrogen-bond donors (Lipinski definition) is 2. The molecule has 9 heteroatoms. The average Bonchev–Trinajstić information content (AvgIpc) is 2.99. The molecule has 7 nitrogen and oxygen atoms in total. The Labute approximate surface area is 154 Å². The first kappa shape index (κ1) is 19.4. The van der Waals surface area contributed by atoms with Crippen molar-refractivity contribution in [1.82, 2.24) is 15.6 Å². The first-order valence-corrected chi connectivity index (χ1v) is 9.58. The Morgan fingerprint density at radius 1 is 1.36 bits per heavy atom. The van der Waals surface area contributed by atoms with E-state index in [2.05, 4.69) is 22.5 Å². The van der Waals surface area contributed by atoms with Gasteiger partial charge in [0, 0.05) is 35.8 Å². The van der Waals surface area contributed by atoms with Gasteiger partial charge in [0.05, 0.1) is 9.82 Å². The summed E-state index contributed by atoms with van der Waals surface area (Å²) in [5.41, 5.74) is 1.07. The van der Waals surface area contributed by atoms with Gasteiger partial charge in [0.2, 0.25) is 0 Å². The quantitative estimate of drug-likeness (QED) is 0.394. The van der Waals surface area contributed by atoms with E-state index in [0.717, 1.165) is 23.0 Å². The van der Waals surface area contributed by atoms with Crippen molar-refractivity contribution in [2.24, 2.45) is 0 Å². The van der Waals surface area contributed by atoms with Gasteiger partial charge in [-0.25, -0.2) is 4.98 Å². The Balaban J connectivity index is 2.07. The van der Waals surface area contributed by atoms with Crippen LogP contribution in [0.3, 0.4) is 0 Å². The Morgan fingerprint density at radius 3 is 2.80 bits per heavy atom. The average molecular weight is 380 g/mol. The van der Waals surface area contributed by atoms with E-state index >= 15 is 0 Å². The third-order valence-electron chi connectivity index (χ3n) is 3.23. The maximum atomic E-state index is 12.1. The highest BCUT2D eigenvalue weighted by Gasteiger charge is 2.19. The van der Waals surface area contributed by atoms with Crippen LogP contribution in [0.15, 0.2) is 32.8 Å². The molecule has 0 radical (unpaired) electrons. The van der Waals surface area contributed by atoms with Gasteiger partial charge in [-0.3, -0.25) is 14.9 Å². The largest absolute Gasteiger partial charge is 0.351 e. The summed E-state index contributed by atoms with van der Waals surface area (Å²) in [5.74, 6) is -0.317. The summed E-state index contributed by atoms with van der Waals surface area (Å²) in [5, 5.41) is 19.2. The molecule has 2 rings (SSSR count). The number of carbonyl (C=O) groups is 1. The van der Waals surface area contributed by atoms with Crippen molar-refractivity contribution >= 4 is 34.7 Å². The number of nitrogens with zero attached hydrogens (tertiary/aromatic N) is 2. The van der Waals surface area contributed by atoms with Gasteiger partial charge in [-0.05, 0) is 32.0 Å².